The van der Waals surface area contributed by atoms with E-state index in [0.29, 0.717) is 5.56 Å². The molecule has 0 bridgehead atoms. The van der Waals surface area contributed by atoms with E-state index in [9.17, 15) is 4.79 Å². The molecule has 1 heterocycles. The Morgan fingerprint density at radius 2 is 1.62 bits per heavy atom. The molecule has 1 amide bonds. The van der Waals surface area contributed by atoms with Crippen LogP contribution in [0.1, 0.15) is 15.9 Å². The molecule has 29 heavy (non-hydrogen) atoms. The Balaban J connectivity index is 1.46. The summed E-state index contributed by atoms with van der Waals surface area (Å²) in [6.07, 6.45) is 0. The lowest BCUT2D eigenvalue weighted by molar-refractivity contribution is 0.102. The fourth-order valence-corrected chi connectivity index (χ4v) is 3.77. The van der Waals surface area contributed by atoms with Crippen molar-refractivity contribution in [3.63, 3.8) is 0 Å². The van der Waals surface area contributed by atoms with Crippen LogP contribution < -0.4 is 10.2 Å². The van der Waals surface area contributed by atoms with Crippen molar-refractivity contribution in [2.24, 2.45) is 0 Å². The molecule has 5 heteroatoms. The minimum Gasteiger partial charge on any atom is -0.322 e. The highest BCUT2D eigenvalue weighted by molar-refractivity contribution is 7.14. The van der Waals surface area contributed by atoms with E-state index in [2.05, 4.69) is 27.7 Å². The Morgan fingerprint density at radius 3 is 2.31 bits per heavy atom. The summed E-state index contributed by atoms with van der Waals surface area (Å²) in [6, 6.07) is 25.5. The van der Waals surface area contributed by atoms with Gasteiger partial charge in [-0.15, -0.1) is 11.3 Å². The smallest absolute Gasteiger partial charge is 0.255 e. The second-order valence-electron chi connectivity index (χ2n) is 6.81. The molecule has 4 rings (SSSR count). The Kier molecular flexibility index (Phi) is 5.40. The topological polar surface area (TPSA) is 45.2 Å². The van der Waals surface area contributed by atoms with Gasteiger partial charge in [0.2, 0.25) is 0 Å². The molecule has 0 atom stereocenters. The second-order valence-corrected chi connectivity index (χ2v) is 7.64. The van der Waals surface area contributed by atoms with Gasteiger partial charge in [0.15, 0.2) is 5.13 Å². The Morgan fingerprint density at radius 1 is 0.931 bits per heavy atom. The van der Waals surface area contributed by atoms with E-state index in [1.54, 1.807) is 11.3 Å². The van der Waals surface area contributed by atoms with Crippen LogP contribution in [-0.2, 0) is 0 Å². The van der Waals surface area contributed by atoms with Gasteiger partial charge in [-0.25, -0.2) is 4.98 Å². The standard InChI is InChI=1S/C24H21N3OS/c1-17-8-10-19(11-9-17)23(28)25-20-14-12-18(13-15-20)22-16-29-24(26-22)27(2)21-6-4-3-5-7-21/h3-16H,1-2H3,(H,25,28). The van der Waals surface area contributed by atoms with E-state index in [4.69, 9.17) is 4.98 Å². The Hall–Kier alpha value is -3.44. The molecule has 0 aliphatic heterocycles. The van der Waals surface area contributed by atoms with Crippen LogP contribution in [0.2, 0.25) is 0 Å². The molecule has 4 aromatic rings. The Bertz CT molecular complexity index is 1100. The number of rotatable bonds is 5. The first-order valence-corrected chi connectivity index (χ1v) is 10.2. The molecule has 0 aliphatic carbocycles. The molecule has 0 saturated carbocycles. The van der Waals surface area contributed by atoms with Crippen LogP contribution in [0.15, 0.2) is 84.2 Å². The Labute approximate surface area is 174 Å². The highest BCUT2D eigenvalue weighted by atomic mass is 32.1. The number of amides is 1. The average Bonchev–Trinajstić information content (AvgIpc) is 3.25. The number of carbonyl (C=O) groups excluding carboxylic acids is 1. The maximum absolute atomic E-state index is 12.4. The summed E-state index contributed by atoms with van der Waals surface area (Å²) >= 11 is 1.61. The fourth-order valence-electron chi connectivity index (χ4n) is 2.95. The molecule has 0 radical (unpaired) electrons. The van der Waals surface area contributed by atoms with Crippen molar-refractivity contribution in [1.82, 2.24) is 4.98 Å². The SMILES string of the molecule is Cc1ccc(C(=O)Nc2ccc(-c3csc(N(C)c4ccccc4)n3)cc2)cc1. The lowest BCUT2D eigenvalue weighted by Gasteiger charge is -2.15. The van der Waals surface area contributed by atoms with Crippen LogP contribution in [-0.4, -0.2) is 17.9 Å². The molecule has 1 aromatic heterocycles. The highest BCUT2D eigenvalue weighted by Crippen LogP contribution is 2.31. The zero-order valence-corrected chi connectivity index (χ0v) is 17.1. The largest absolute Gasteiger partial charge is 0.322 e. The van der Waals surface area contributed by atoms with Gasteiger partial charge in [-0.1, -0.05) is 48.0 Å². The first-order chi connectivity index (χ1) is 14.1. The van der Waals surface area contributed by atoms with Crippen LogP contribution in [0.25, 0.3) is 11.3 Å². The minimum atomic E-state index is -0.113. The van der Waals surface area contributed by atoms with Crippen LogP contribution in [0.3, 0.4) is 0 Å². The van der Waals surface area contributed by atoms with Gasteiger partial charge in [-0.05, 0) is 43.3 Å². The number of benzene rings is 3. The van der Waals surface area contributed by atoms with Crippen LogP contribution >= 0.6 is 11.3 Å². The molecule has 0 fully saturated rings. The first-order valence-electron chi connectivity index (χ1n) is 9.33. The normalized spacial score (nSPS) is 10.6. The van der Waals surface area contributed by atoms with Gasteiger partial charge < -0.3 is 10.2 Å². The lowest BCUT2D eigenvalue weighted by atomic mass is 10.1. The lowest BCUT2D eigenvalue weighted by Crippen LogP contribution is -2.11. The van der Waals surface area contributed by atoms with Crippen molar-refractivity contribution in [2.75, 3.05) is 17.3 Å². The first kappa shape index (κ1) is 18.9. The molecule has 4 nitrogen and oxygen atoms in total. The number of hydrogen-bond acceptors (Lipinski definition) is 4. The number of nitrogens with zero attached hydrogens (tertiary/aromatic N) is 2. The van der Waals surface area contributed by atoms with E-state index in [1.165, 1.54) is 0 Å². The second kappa shape index (κ2) is 8.29. The van der Waals surface area contributed by atoms with Gasteiger partial charge in [0.05, 0.1) is 5.69 Å². The summed E-state index contributed by atoms with van der Waals surface area (Å²) in [5.74, 6) is -0.113. The molecule has 0 aliphatic rings. The van der Waals surface area contributed by atoms with Gasteiger partial charge >= 0.3 is 0 Å². The molecular formula is C24H21N3OS. The van der Waals surface area contributed by atoms with Gasteiger partial charge in [0.25, 0.3) is 5.91 Å². The third-order valence-corrected chi connectivity index (χ3v) is 5.59. The minimum absolute atomic E-state index is 0.113. The third kappa shape index (κ3) is 4.36. The molecular weight excluding hydrogens is 378 g/mol. The maximum Gasteiger partial charge on any atom is 0.255 e. The fraction of sp³-hybridized carbons (Fsp3) is 0.0833. The van der Waals surface area contributed by atoms with E-state index in [0.717, 1.165) is 33.3 Å². The number of nitrogens with one attached hydrogen (secondary N) is 1. The van der Waals surface area contributed by atoms with E-state index < -0.39 is 0 Å². The van der Waals surface area contributed by atoms with E-state index >= 15 is 0 Å². The summed E-state index contributed by atoms with van der Waals surface area (Å²) in [7, 11) is 2.02. The molecule has 144 valence electrons. The highest BCUT2D eigenvalue weighted by Gasteiger charge is 2.11. The van der Waals surface area contributed by atoms with Crippen molar-refractivity contribution < 1.29 is 4.79 Å². The van der Waals surface area contributed by atoms with Gasteiger partial charge in [0.1, 0.15) is 0 Å². The molecule has 0 saturated heterocycles. The van der Waals surface area contributed by atoms with Crippen molar-refractivity contribution in [3.8, 4) is 11.3 Å². The van der Waals surface area contributed by atoms with Crippen LogP contribution in [0.5, 0.6) is 0 Å². The number of aromatic nitrogens is 1. The van der Waals surface area contributed by atoms with Crippen LogP contribution in [0, 0.1) is 6.92 Å². The summed E-state index contributed by atoms with van der Waals surface area (Å²) < 4.78 is 0. The van der Waals surface area contributed by atoms with Gasteiger partial charge in [0, 0.05) is 34.9 Å². The van der Waals surface area contributed by atoms with Crippen LogP contribution in [0.4, 0.5) is 16.5 Å². The average molecular weight is 400 g/mol. The predicted octanol–water partition coefficient (Wildman–Crippen LogP) is 6.14. The monoisotopic (exact) mass is 399 g/mol. The summed E-state index contributed by atoms with van der Waals surface area (Å²) in [5.41, 5.74) is 5.57. The van der Waals surface area contributed by atoms with Crippen molar-refractivity contribution in [3.05, 3.63) is 95.4 Å². The van der Waals surface area contributed by atoms with Gasteiger partial charge in [-0.2, -0.15) is 0 Å². The quantitative estimate of drug-likeness (QED) is 0.438. The van der Waals surface area contributed by atoms with Crippen molar-refractivity contribution in [1.29, 1.82) is 0 Å². The number of hydrogen-bond donors (Lipinski definition) is 1. The predicted molar refractivity (Wildman–Crippen MR) is 121 cm³/mol. The number of anilines is 3. The number of para-hydroxylation sites is 1. The van der Waals surface area contributed by atoms with E-state index in [-0.39, 0.29) is 5.91 Å². The summed E-state index contributed by atoms with van der Waals surface area (Å²) in [6.45, 7) is 2.00. The molecule has 3 aromatic carbocycles. The summed E-state index contributed by atoms with van der Waals surface area (Å²) in [5, 5.41) is 5.92. The third-order valence-electron chi connectivity index (χ3n) is 4.67. The number of aryl methyl sites for hydroxylation is 1. The van der Waals surface area contributed by atoms with E-state index in [1.807, 2.05) is 80.7 Å². The molecule has 1 N–H and O–H groups in total. The number of carbonyl (C=O) groups is 1. The summed E-state index contributed by atoms with van der Waals surface area (Å²) in [4.78, 5) is 19.2. The molecule has 0 spiro atoms. The maximum atomic E-state index is 12.4. The zero-order chi connectivity index (χ0) is 20.2. The van der Waals surface area contributed by atoms with Crippen molar-refractivity contribution in [2.45, 2.75) is 6.92 Å². The zero-order valence-electron chi connectivity index (χ0n) is 16.3. The van der Waals surface area contributed by atoms with Crippen molar-refractivity contribution >= 4 is 33.8 Å². The molecule has 0 unspecified atom stereocenters. The number of thiazole rings is 1. The van der Waals surface area contributed by atoms with Gasteiger partial charge in [-0.3, -0.25) is 4.79 Å².